The van der Waals surface area contributed by atoms with Crippen LogP contribution < -0.4 is 9.62 Å². The number of hydrogen-bond donors (Lipinski definition) is 1. The highest BCUT2D eigenvalue weighted by Gasteiger charge is 2.25. The van der Waals surface area contributed by atoms with Gasteiger partial charge in [0.05, 0.1) is 16.8 Å². The van der Waals surface area contributed by atoms with E-state index in [9.17, 15) is 21.6 Å². The number of piperidine rings is 1. The van der Waals surface area contributed by atoms with E-state index in [1.807, 2.05) is 7.05 Å². The van der Waals surface area contributed by atoms with E-state index < -0.39 is 20.0 Å². The highest BCUT2D eigenvalue weighted by Crippen LogP contribution is 2.21. The number of likely N-dealkylation sites (tertiary alicyclic amines) is 1. The Morgan fingerprint density at radius 3 is 2.11 bits per heavy atom. The normalized spacial score (nSPS) is 16.9. The van der Waals surface area contributed by atoms with E-state index in [0.717, 1.165) is 40.8 Å². The molecule has 1 aromatic carbocycles. The monoisotopic (exact) mass is 432 g/mol. The molecule has 9 nitrogen and oxygen atoms in total. The van der Waals surface area contributed by atoms with Crippen molar-refractivity contribution in [1.82, 2.24) is 14.5 Å². The maximum atomic E-state index is 12.4. The summed E-state index contributed by atoms with van der Waals surface area (Å²) in [6.45, 7) is 1.40. The van der Waals surface area contributed by atoms with Crippen molar-refractivity contribution in [2.45, 2.75) is 23.8 Å². The van der Waals surface area contributed by atoms with E-state index in [0.29, 0.717) is 0 Å². The second-order valence-corrected chi connectivity index (χ2v) is 11.3. The number of carbonyl (C=O) groups excluding carboxylic acids is 1. The molecule has 1 fully saturated rings. The zero-order valence-corrected chi connectivity index (χ0v) is 18.3. The fourth-order valence-electron chi connectivity index (χ4n) is 2.95. The molecule has 158 valence electrons. The van der Waals surface area contributed by atoms with Gasteiger partial charge in [0.1, 0.15) is 6.54 Å². The number of anilines is 1. The molecule has 2 rings (SSSR count). The SMILES string of the molecule is CN1CCC(NC(=O)CN(c2ccc(S(=O)(=O)N(C)C)cc2)S(C)(=O)=O)CC1. The molecule has 1 saturated heterocycles. The fraction of sp³-hybridized carbons (Fsp3) is 0.588. The minimum absolute atomic E-state index is 0.0257. The Balaban J connectivity index is 2.15. The van der Waals surface area contributed by atoms with Crippen molar-refractivity contribution in [3.05, 3.63) is 24.3 Å². The summed E-state index contributed by atoms with van der Waals surface area (Å²) in [6.07, 6.45) is 2.65. The number of carbonyl (C=O) groups is 1. The van der Waals surface area contributed by atoms with E-state index in [2.05, 4.69) is 10.2 Å². The predicted octanol–water partition coefficient (Wildman–Crippen LogP) is -0.0867. The van der Waals surface area contributed by atoms with Crippen LogP contribution in [0.4, 0.5) is 5.69 Å². The van der Waals surface area contributed by atoms with E-state index >= 15 is 0 Å². The largest absolute Gasteiger partial charge is 0.352 e. The van der Waals surface area contributed by atoms with E-state index in [1.165, 1.54) is 38.4 Å². The first-order chi connectivity index (χ1) is 12.9. The quantitative estimate of drug-likeness (QED) is 0.646. The zero-order valence-electron chi connectivity index (χ0n) is 16.6. The second-order valence-electron chi connectivity index (χ2n) is 7.20. The van der Waals surface area contributed by atoms with Crippen LogP contribution in [0, 0.1) is 0 Å². The molecule has 1 aliphatic heterocycles. The molecule has 0 bridgehead atoms. The lowest BCUT2D eigenvalue weighted by Gasteiger charge is -2.30. The number of amides is 1. The average molecular weight is 433 g/mol. The summed E-state index contributed by atoms with van der Waals surface area (Å²) in [6, 6.07) is 5.47. The maximum absolute atomic E-state index is 12.4. The van der Waals surface area contributed by atoms with Crippen molar-refractivity contribution >= 4 is 31.6 Å². The molecule has 0 unspecified atom stereocenters. The van der Waals surface area contributed by atoms with Gasteiger partial charge in [0.2, 0.25) is 26.0 Å². The number of rotatable bonds is 7. The number of nitrogens with zero attached hydrogens (tertiary/aromatic N) is 3. The highest BCUT2D eigenvalue weighted by molar-refractivity contribution is 7.92. The molecule has 0 spiro atoms. The molecule has 1 aliphatic rings. The van der Waals surface area contributed by atoms with Crippen LogP contribution in [-0.4, -0.2) is 85.0 Å². The summed E-state index contributed by atoms with van der Waals surface area (Å²) in [5.74, 6) is -0.384. The van der Waals surface area contributed by atoms with Gasteiger partial charge >= 0.3 is 0 Å². The van der Waals surface area contributed by atoms with Crippen molar-refractivity contribution in [2.24, 2.45) is 0 Å². The number of nitrogens with one attached hydrogen (secondary N) is 1. The molecule has 1 N–H and O–H groups in total. The third kappa shape index (κ3) is 5.66. The van der Waals surface area contributed by atoms with Gasteiger partial charge in [-0.15, -0.1) is 0 Å². The van der Waals surface area contributed by atoms with Crippen molar-refractivity contribution in [1.29, 1.82) is 0 Å². The molecule has 0 saturated carbocycles. The lowest BCUT2D eigenvalue weighted by atomic mass is 10.1. The van der Waals surface area contributed by atoms with Crippen LogP contribution in [0.15, 0.2) is 29.2 Å². The van der Waals surface area contributed by atoms with Gasteiger partial charge in [-0.2, -0.15) is 0 Å². The smallest absolute Gasteiger partial charge is 0.242 e. The molecule has 11 heteroatoms. The molecular weight excluding hydrogens is 404 g/mol. The lowest BCUT2D eigenvalue weighted by molar-refractivity contribution is -0.120. The minimum Gasteiger partial charge on any atom is -0.352 e. The third-order valence-corrected chi connectivity index (χ3v) is 7.64. The lowest BCUT2D eigenvalue weighted by Crippen LogP contribution is -2.47. The van der Waals surface area contributed by atoms with E-state index in [-0.39, 0.29) is 29.1 Å². The molecule has 0 radical (unpaired) electrons. The first-order valence-corrected chi connectivity index (χ1v) is 12.2. The van der Waals surface area contributed by atoms with Crippen LogP contribution in [0.5, 0.6) is 0 Å². The standard InChI is InChI=1S/C17H28N4O5S2/c1-19(2)28(25,26)16-7-5-15(6-8-16)21(27(4,23)24)13-17(22)18-14-9-11-20(3)12-10-14/h5-8,14H,9-13H2,1-4H3,(H,18,22). The molecule has 1 amide bonds. The summed E-state index contributed by atoms with van der Waals surface area (Å²) in [7, 11) is -2.49. The van der Waals surface area contributed by atoms with Crippen molar-refractivity contribution in [2.75, 3.05) is 51.3 Å². The van der Waals surface area contributed by atoms with Gasteiger partial charge in [-0.1, -0.05) is 0 Å². The highest BCUT2D eigenvalue weighted by atomic mass is 32.2. The van der Waals surface area contributed by atoms with Gasteiger partial charge in [-0.05, 0) is 57.2 Å². The van der Waals surface area contributed by atoms with Gasteiger partial charge in [0.15, 0.2) is 0 Å². The molecule has 28 heavy (non-hydrogen) atoms. The summed E-state index contributed by atoms with van der Waals surface area (Å²) in [5, 5.41) is 2.89. The molecule has 0 aromatic heterocycles. The van der Waals surface area contributed by atoms with Gasteiger partial charge in [0.25, 0.3) is 0 Å². The Labute approximate surface area is 167 Å². The summed E-state index contributed by atoms with van der Waals surface area (Å²) in [4.78, 5) is 14.6. The molecule has 1 aromatic rings. The maximum Gasteiger partial charge on any atom is 0.242 e. The van der Waals surface area contributed by atoms with Crippen LogP contribution in [0.25, 0.3) is 0 Å². The number of hydrogen-bond acceptors (Lipinski definition) is 6. The van der Waals surface area contributed by atoms with Gasteiger partial charge in [-0.25, -0.2) is 21.1 Å². The Bertz CT molecular complexity index is 890. The molecular formula is C17H28N4O5S2. The summed E-state index contributed by atoms with van der Waals surface area (Å²) >= 11 is 0. The number of benzene rings is 1. The topological polar surface area (TPSA) is 107 Å². The van der Waals surface area contributed by atoms with Crippen molar-refractivity contribution in [3.8, 4) is 0 Å². The molecule has 0 atom stereocenters. The Hall–Kier alpha value is -1.69. The van der Waals surface area contributed by atoms with Crippen LogP contribution in [0.3, 0.4) is 0 Å². The van der Waals surface area contributed by atoms with Crippen molar-refractivity contribution in [3.63, 3.8) is 0 Å². The third-order valence-electron chi connectivity index (χ3n) is 4.67. The van der Waals surface area contributed by atoms with Crippen molar-refractivity contribution < 1.29 is 21.6 Å². The first-order valence-electron chi connectivity index (χ1n) is 8.89. The predicted molar refractivity (Wildman–Crippen MR) is 108 cm³/mol. The summed E-state index contributed by atoms with van der Waals surface area (Å²) < 4.78 is 50.8. The van der Waals surface area contributed by atoms with Crippen LogP contribution >= 0.6 is 0 Å². The van der Waals surface area contributed by atoms with Crippen LogP contribution in [-0.2, 0) is 24.8 Å². The van der Waals surface area contributed by atoms with E-state index in [4.69, 9.17) is 0 Å². The first kappa shape index (κ1) is 22.6. The molecule has 0 aliphatic carbocycles. The van der Waals surface area contributed by atoms with Gasteiger partial charge < -0.3 is 10.2 Å². The van der Waals surface area contributed by atoms with Gasteiger partial charge in [-0.3, -0.25) is 9.10 Å². The average Bonchev–Trinajstić information content (AvgIpc) is 2.61. The van der Waals surface area contributed by atoms with Crippen LogP contribution in [0.2, 0.25) is 0 Å². The Morgan fingerprint density at radius 1 is 1.11 bits per heavy atom. The van der Waals surface area contributed by atoms with E-state index in [1.54, 1.807) is 0 Å². The minimum atomic E-state index is -3.72. The Kier molecular flexibility index (Phi) is 7.07. The fourth-order valence-corrected chi connectivity index (χ4v) is 4.71. The second kappa shape index (κ2) is 8.76. The van der Waals surface area contributed by atoms with Crippen LogP contribution in [0.1, 0.15) is 12.8 Å². The Morgan fingerprint density at radius 2 is 1.64 bits per heavy atom. The number of sulfonamides is 2. The summed E-state index contributed by atoms with van der Waals surface area (Å²) in [5.41, 5.74) is 0.235. The molecule has 1 heterocycles. The van der Waals surface area contributed by atoms with Gasteiger partial charge in [0, 0.05) is 20.1 Å². The zero-order chi connectivity index (χ0) is 21.1.